The molecule has 1 amide bonds. The van der Waals surface area contributed by atoms with Crippen LogP contribution in [-0.4, -0.2) is 64.7 Å². The number of piperidine rings is 3. The van der Waals surface area contributed by atoms with Crippen molar-refractivity contribution in [1.82, 2.24) is 20.0 Å². The Morgan fingerprint density at radius 3 is 2.88 bits per heavy atom. The number of carbonyl (C=O) groups excluding carboxylic acids is 1. The predicted molar refractivity (Wildman–Crippen MR) is 124 cm³/mol. The summed E-state index contributed by atoms with van der Waals surface area (Å²) < 4.78 is 5.28. The normalized spacial score (nSPS) is 29.7. The highest BCUT2D eigenvalue weighted by atomic mass is 16.5. The molecule has 0 spiro atoms. The number of carbonyl (C=O) groups is 1. The number of aromatic amines is 1. The van der Waals surface area contributed by atoms with Crippen LogP contribution < -0.4 is 4.74 Å². The van der Waals surface area contributed by atoms with Gasteiger partial charge < -0.3 is 9.64 Å². The number of hydrogen-bond donors (Lipinski definition) is 1. The van der Waals surface area contributed by atoms with Crippen molar-refractivity contribution in [1.29, 1.82) is 0 Å². The van der Waals surface area contributed by atoms with Crippen molar-refractivity contribution in [3.63, 3.8) is 0 Å². The third-order valence-corrected chi connectivity index (χ3v) is 8.17. The summed E-state index contributed by atoms with van der Waals surface area (Å²) in [5.74, 6) is 2.14. The summed E-state index contributed by atoms with van der Waals surface area (Å²) in [5.41, 5.74) is 3.94. The number of nitrogens with one attached hydrogen (secondary N) is 1. The summed E-state index contributed by atoms with van der Waals surface area (Å²) in [7, 11) is 1.66. The van der Waals surface area contributed by atoms with E-state index in [0.717, 1.165) is 49.0 Å². The van der Waals surface area contributed by atoms with Crippen molar-refractivity contribution >= 4 is 5.91 Å². The molecular weight excluding hydrogens is 400 g/mol. The first-order valence-electron chi connectivity index (χ1n) is 12.2. The molecule has 3 saturated heterocycles. The number of hydrogen-bond acceptors (Lipinski definition) is 4. The minimum Gasteiger partial charge on any atom is -0.497 e. The Kier molecular flexibility index (Phi) is 5.05. The number of aromatic nitrogens is 2. The molecule has 1 aromatic carbocycles. The number of rotatable bonds is 3. The van der Waals surface area contributed by atoms with Gasteiger partial charge in [0.2, 0.25) is 0 Å². The maximum atomic E-state index is 13.9. The highest BCUT2D eigenvalue weighted by Gasteiger charge is 2.47. The quantitative estimate of drug-likeness (QED) is 0.741. The van der Waals surface area contributed by atoms with Crippen LogP contribution in [0.25, 0.3) is 11.3 Å². The van der Waals surface area contributed by atoms with Crippen LogP contribution in [0.3, 0.4) is 0 Å². The Bertz CT molecular complexity index is 1030. The second-order valence-corrected chi connectivity index (χ2v) is 9.89. The summed E-state index contributed by atoms with van der Waals surface area (Å²) in [6.45, 7) is 3.20. The van der Waals surface area contributed by atoms with Gasteiger partial charge in [-0.3, -0.25) is 14.8 Å². The van der Waals surface area contributed by atoms with Crippen LogP contribution in [0.15, 0.2) is 42.1 Å². The van der Waals surface area contributed by atoms with Crippen LogP contribution in [0.4, 0.5) is 0 Å². The average molecular weight is 433 g/mol. The molecule has 4 aliphatic rings. The standard InChI is InChI=1S/C26H32N4O2/c1-32-21-9-7-17(8-10-21)24-22(15-27-28-24)26(31)30-12-4-5-18-13-19-14-20(25(18)30)16-29-11-3-2-6-23(19)29/h7-10,13,15,19-20,23,25H,2-6,11-12,14,16H2,1H3,(H,27,28)/t19-,20+,23?,25?/m0/s1. The van der Waals surface area contributed by atoms with E-state index in [1.54, 1.807) is 13.3 Å². The molecule has 1 N–H and O–H groups in total. The summed E-state index contributed by atoms with van der Waals surface area (Å²) in [6, 6.07) is 8.78. The van der Waals surface area contributed by atoms with Crippen LogP contribution in [0.5, 0.6) is 5.75 Å². The molecule has 1 aliphatic carbocycles. The Morgan fingerprint density at radius 1 is 1.16 bits per heavy atom. The minimum absolute atomic E-state index is 0.111. The predicted octanol–water partition coefficient (Wildman–Crippen LogP) is 4.12. The van der Waals surface area contributed by atoms with Gasteiger partial charge in [-0.25, -0.2) is 0 Å². The van der Waals surface area contributed by atoms with Gasteiger partial charge in [0.15, 0.2) is 0 Å². The molecule has 1 aromatic heterocycles. The molecule has 3 aliphatic heterocycles. The SMILES string of the molecule is COc1ccc(-c2[nH]ncc2C(=O)N2CCCC3=C[C@H]4C[C@H](CN5CCCCC45)C32)cc1. The first-order valence-corrected chi connectivity index (χ1v) is 12.2. The van der Waals surface area contributed by atoms with Gasteiger partial charge in [0.1, 0.15) is 5.75 Å². The van der Waals surface area contributed by atoms with E-state index in [2.05, 4.69) is 26.1 Å². The van der Waals surface area contributed by atoms with Crippen LogP contribution in [0.2, 0.25) is 0 Å². The highest BCUT2D eigenvalue weighted by Crippen LogP contribution is 2.45. The van der Waals surface area contributed by atoms with Crippen LogP contribution in [0, 0.1) is 11.8 Å². The summed E-state index contributed by atoms with van der Waals surface area (Å²) in [4.78, 5) is 18.8. The van der Waals surface area contributed by atoms with E-state index in [0.29, 0.717) is 17.4 Å². The van der Waals surface area contributed by atoms with E-state index in [1.165, 1.54) is 37.8 Å². The molecule has 168 valence electrons. The van der Waals surface area contributed by atoms with E-state index in [-0.39, 0.29) is 11.9 Å². The minimum atomic E-state index is 0.111. The molecule has 0 saturated carbocycles. The number of benzene rings is 1. The zero-order chi connectivity index (χ0) is 21.7. The monoisotopic (exact) mass is 432 g/mol. The lowest BCUT2D eigenvalue weighted by atomic mass is 9.68. The topological polar surface area (TPSA) is 61.5 Å². The fourth-order valence-electron chi connectivity index (χ4n) is 6.78. The molecule has 0 radical (unpaired) electrons. The largest absolute Gasteiger partial charge is 0.497 e. The fourth-order valence-corrected chi connectivity index (χ4v) is 6.78. The third kappa shape index (κ3) is 3.27. The number of H-pyrrole nitrogens is 1. The number of ether oxygens (including phenoxy) is 1. The summed E-state index contributed by atoms with van der Waals surface area (Å²) in [5, 5.41) is 7.32. The van der Waals surface area contributed by atoms with Crippen molar-refractivity contribution in [3.8, 4) is 17.0 Å². The van der Waals surface area contributed by atoms with Crippen molar-refractivity contribution in [2.24, 2.45) is 11.8 Å². The molecule has 32 heavy (non-hydrogen) atoms. The molecular formula is C26H32N4O2. The van der Waals surface area contributed by atoms with E-state index < -0.39 is 0 Å². The number of likely N-dealkylation sites (tertiary alicyclic amines) is 1. The van der Waals surface area contributed by atoms with Gasteiger partial charge in [-0.15, -0.1) is 0 Å². The van der Waals surface area contributed by atoms with Crippen molar-refractivity contribution < 1.29 is 9.53 Å². The second kappa shape index (κ2) is 8.07. The van der Waals surface area contributed by atoms with Crippen molar-refractivity contribution in [3.05, 3.63) is 47.7 Å². The number of amides is 1. The Morgan fingerprint density at radius 2 is 2.03 bits per heavy atom. The number of nitrogens with zero attached hydrogens (tertiary/aromatic N) is 3. The molecule has 4 atom stereocenters. The summed E-state index contributed by atoms with van der Waals surface area (Å²) >= 11 is 0. The van der Waals surface area contributed by atoms with Crippen LogP contribution in [-0.2, 0) is 0 Å². The van der Waals surface area contributed by atoms with Crippen LogP contribution >= 0.6 is 0 Å². The lowest BCUT2D eigenvalue weighted by molar-refractivity contribution is 0.00150. The molecule has 3 fully saturated rings. The summed E-state index contributed by atoms with van der Waals surface area (Å²) in [6.07, 6.45) is 11.7. The average Bonchev–Trinajstić information content (AvgIpc) is 3.33. The molecule has 6 nitrogen and oxygen atoms in total. The lowest BCUT2D eigenvalue weighted by Gasteiger charge is -2.54. The van der Waals surface area contributed by atoms with Crippen LogP contribution in [0.1, 0.15) is 48.9 Å². The smallest absolute Gasteiger partial charge is 0.258 e. The van der Waals surface area contributed by atoms with Crippen molar-refractivity contribution in [2.75, 3.05) is 26.7 Å². The first-order chi connectivity index (χ1) is 15.7. The van der Waals surface area contributed by atoms with E-state index >= 15 is 0 Å². The van der Waals surface area contributed by atoms with Gasteiger partial charge in [-0.05, 0) is 74.8 Å². The maximum Gasteiger partial charge on any atom is 0.258 e. The van der Waals surface area contributed by atoms with Gasteiger partial charge in [0.05, 0.1) is 30.6 Å². The van der Waals surface area contributed by atoms with Crippen molar-refractivity contribution in [2.45, 2.75) is 50.6 Å². The number of fused-ring (bicyclic) bond motifs is 6. The first kappa shape index (κ1) is 20.0. The Labute approximate surface area is 189 Å². The van der Waals surface area contributed by atoms with E-state index in [1.807, 2.05) is 24.3 Å². The number of methoxy groups -OCH3 is 1. The van der Waals surface area contributed by atoms with E-state index in [4.69, 9.17) is 4.74 Å². The van der Waals surface area contributed by atoms with Gasteiger partial charge in [-0.1, -0.05) is 18.1 Å². The third-order valence-electron chi connectivity index (χ3n) is 8.17. The van der Waals surface area contributed by atoms with Gasteiger partial charge >= 0.3 is 0 Å². The molecule has 2 unspecified atom stereocenters. The molecule has 2 bridgehead atoms. The van der Waals surface area contributed by atoms with Gasteiger partial charge in [0, 0.05) is 24.7 Å². The Hall–Kier alpha value is -2.60. The highest BCUT2D eigenvalue weighted by molar-refractivity contribution is 6.00. The van der Waals surface area contributed by atoms with Gasteiger partial charge in [-0.2, -0.15) is 5.10 Å². The fraction of sp³-hybridized carbons (Fsp3) is 0.538. The zero-order valence-corrected chi connectivity index (χ0v) is 18.8. The van der Waals surface area contributed by atoms with E-state index in [9.17, 15) is 4.79 Å². The van der Waals surface area contributed by atoms with Gasteiger partial charge in [0.25, 0.3) is 5.91 Å². The molecule has 4 heterocycles. The Balaban J connectivity index is 1.31. The second-order valence-electron chi connectivity index (χ2n) is 9.89. The molecule has 6 heteroatoms. The zero-order valence-electron chi connectivity index (χ0n) is 18.8. The lowest BCUT2D eigenvalue weighted by Crippen LogP contribution is -2.60. The maximum absolute atomic E-state index is 13.9. The molecule has 6 rings (SSSR count). The molecule has 2 aromatic rings.